The van der Waals surface area contributed by atoms with Crippen molar-refractivity contribution in [2.24, 2.45) is 5.92 Å². The van der Waals surface area contributed by atoms with E-state index in [-0.39, 0.29) is 11.8 Å². The summed E-state index contributed by atoms with van der Waals surface area (Å²) in [4.78, 5) is 31.5. The van der Waals surface area contributed by atoms with Crippen LogP contribution in [0.2, 0.25) is 0 Å². The Balaban J connectivity index is 1.29. The molecular formula is C19H28N4O4. The Kier molecular flexibility index (Phi) is 5.73. The molecule has 148 valence electrons. The lowest BCUT2D eigenvalue weighted by atomic mass is 9.92. The quantitative estimate of drug-likeness (QED) is 0.778. The average molecular weight is 376 g/mol. The third-order valence-corrected chi connectivity index (χ3v) is 6.05. The molecule has 3 fully saturated rings. The highest BCUT2D eigenvalue weighted by Crippen LogP contribution is 2.26. The molecule has 4 rings (SSSR count). The molecule has 0 spiro atoms. The number of nitrogens with zero attached hydrogens (tertiary/aromatic N) is 4. The van der Waals surface area contributed by atoms with Gasteiger partial charge in [0.05, 0.1) is 19.1 Å². The molecule has 1 atom stereocenters. The van der Waals surface area contributed by atoms with Crippen LogP contribution in [0.5, 0.6) is 0 Å². The van der Waals surface area contributed by atoms with Crippen LogP contribution in [0.3, 0.4) is 0 Å². The Morgan fingerprint density at radius 2 is 1.78 bits per heavy atom. The van der Waals surface area contributed by atoms with Crippen LogP contribution in [0.1, 0.15) is 36.2 Å². The largest absolute Gasteiger partial charge is 0.378 e. The molecule has 3 aliphatic heterocycles. The number of rotatable bonds is 3. The SMILES string of the molecule is O=C(c1ccon1)N1CCC(N2CCC[C@@H](C(=O)N3CCOCC3)C2)CC1. The second-order valence-corrected chi connectivity index (χ2v) is 7.68. The summed E-state index contributed by atoms with van der Waals surface area (Å²) in [5, 5.41) is 3.75. The first-order valence-electron chi connectivity index (χ1n) is 10.0. The van der Waals surface area contributed by atoms with Crippen LogP contribution in [-0.4, -0.2) is 90.2 Å². The zero-order valence-corrected chi connectivity index (χ0v) is 15.7. The number of carbonyl (C=O) groups excluding carboxylic acids is 2. The molecule has 0 saturated carbocycles. The van der Waals surface area contributed by atoms with Gasteiger partial charge in [0, 0.05) is 44.8 Å². The fourth-order valence-electron chi connectivity index (χ4n) is 4.50. The summed E-state index contributed by atoms with van der Waals surface area (Å²) in [5.74, 6) is 0.342. The standard InChI is InChI=1S/C19H28N4O4/c24-18(22-9-12-26-13-10-22)15-2-1-6-23(14-15)16-3-7-21(8-4-16)19(25)17-5-11-27-20-17/h5,11,15-16H,1-4,6-10,12-14H2/t15-/m1/s1. The number of likely N-dealkylation sites (tertiary alicyclic amines) is 2. The molecule has 3 aliphatic rings. The predicted molar refractivity (Wildman–Crippen MR) is 97.1 cm³/mol. The lowest BCUT2D eigenvalue weighted by molar-refractivity contribution is -0.141. The van der Waals surface area contributed by atoms with E-state index in [9.17, 15) is 9.59 Å². The zero-order valence-electron chi connectivity index (χ0n) is 15.7. The zero-order chi connectivity index (χ0) is 18.6. The highest BCUT2D eigenvalue weighted by molar-refractivity contribution is 5.92. The summed E-state index contributed by atoms with van der Waals surface area (Å²) < 4.78 is 10.1. The van der Waals surface area contributed by atoms with Crippen LogP contribution in [0.4, 0.5) is 0 Å². The minimum absolute atomic E-state index is 0.0544. The van der Waals surface area contributed by atoms with Crippen molar-refractivity contribution in [3.05, 3.63) is 18.0 Å². The van der Waals surface area contributed by atoms with E-state index in [4.69, 9.17) is 9.26 Å². The van der Waals surface area contributed by atoms with Crippen molar-refractivity contribution in [1.82, 2.24) is 19.9 Å². The predicted octanol–water partition coefficient (Wildman–Crippen LogP) is 0.850. The van der Waals surface area contributed by atoms with Crippen molar-refractivity contribution in [2.45, 2.75) is 31.7 Å². The van der Waals surface area contributed by atoms with Gasteiger partial charge in [-0.05, 0) is 32.2 Å². The van der Waals surface area contributed by atoms with Gasteiger partial charge in [-0.2, -0.15) is 0 Å². The molecule has 0 aromatic carbocycles. The molecule has 0 aliphatic carbocycles. The number of hydrogen-bond acceptors (Lipinski definition) is 6. The third kappa shape index (κ3) is 4.16. The summed E-state index contributed by atoms with van der Waals surface area (Å²) in [6.45, 7) is 6.10. The van der Waals surface area contributed by atoms with Gasteiger partial charge in [0.25, 0.3) is 5.91 Å². The number of hydrogen-bond donors (Lipinski definition) is 0. The number of ether oxygens (including phenoxy) is 1. The summed E-state index contributed by atoms with van der Waals surface area (Å²) in [6, 6.07) is 2.06. The van der Waals surface area contributed by atoms with Gasteiger partial charge in [-0.15, -0.1) is 0 Å². The van der Waals surface area contributed by atoms with Crippen molar-refractivity contribution in [3.8, 4) is 0 Å². The Bertz CT molecular complexity index is 636. The van der Waals surface area contributed by atoms with Crippen molar-refractivity contribution in [2.75, 3.05) is 52.5 Å². The second kappa shape index (κ2) is 8.39. The van der Waals surface area contributed by atoms with Gasteiger partial charge < -0.3 is 19.1 Å². The monoisotopic (exact) mass is 376 g/mol. The Morgan fingerprint density at radius 3 is 2.48 bits per heavy atom. The van der Waals surface area contributed by atoms with E-state index in [0.29, 0.717) is 30.9 Å². The number of morpholine rings is 1. The molecule has 0 N–H and O–H groups in total. The molecule has 8 heteroatoms. The van der Waals surface area contributed by atoms with E-state index in [2.05, 4.69) is 10.1 Å². The van der Waals surface area contributed by atoms with Gasteiger partial charge in [-0.3, -0.25) is 14.5 Å². The first kappa shape index (κ1) is 18.4. The van der Waals surface area contributed by atoms with E-state index >= 15 is 0 Å². The van der Waals surface area contributed by atoms with Crippen LogP contribution in [0.15, 0.2) is 16.9 Å². The molecule has 3 saturated heterocycles. The first-order valence-corrected chi connectivity index (χ1v) is 10.0. The van der Waals surface area contributed by atoms with Crippen LogP contribution in [0.25, 0.3) is 0 Å². The molecule has 27 heavy (non-hydrogen) atoms. The third-order valence-electron chi connectivity index (χ3n) is 6.05. The van der Waals surface area contributed by atoms with E-state index in [1.54, 1.807) is 6.07 Å². The van der Waals surface area contributed by atoms with Gasteiger partial charge in [0.1, 0.15) is 6.26 Å². The molecular weight excluding hydrogens is 348 g/mol. The van der Waals surface area contributed by atoms with Gasteiger partial charge >= 0.3 is 0 Å². The van der Waals surface area contributed by atoms with E-state index in [0.717, 1.165) is 65.0 Å². The molecule has 4 heterocycles. The van der Waals surface area contributed by atoms with Crippen LogP contribution in [-0.2, 0) is 9.53 Å². The number of piperidine rings is 2. The van der Waals surface area contributed by atoms with Gasteiger partial charge in [-0.25, -0.2) is 0 Å². The Hall–Kier alpha value is -1.93. The lowest BCUT2D eigenvalue weighted by Gasteiger charge is -2.42. The van der Waals surface area contributed by atoms with Crippen molar-refractivity contribution >= 4 is 11.8 Å². The van der Waals surface area contributed by atoms with Crippen LogP contribution >= 0.6 is 0 Å². The van der Waals surface area contributed by atoms with Crippen molar-refractivity contribution < 1.29 is 18.8 Å². The van der Waals surface area contributed by atoms with Gasteiger partial charge in [-0.1, -0.05) is 5.16 Å². The smallest absolute Gasteiger partial charge is 0.276 e. The molecule has 0 bridgehead atoms. The Labute approximate surface area is 159 Å². The number of amides is 2. The summed E-state index contributed by atoms with van der Waals surface area (Å²) in [6.07, 6.45) is 5.37. The van der Waals surface area contributed by atoms with Crippen molar-refractivity contribution in [1.29, 1.82) is 0 Å². The molecule has 2 amide bonds. The van der Waals surface area contributed by atoms with Crippen LogP contribution in [0, 0.1) is 5.92 Å². The molecule has 1 aromatic heterocycles. The minimum Gasteiger partial charge on any atom is -0.378 e. The highest BCUT2D eigenvalue weighted by atomic mass is 16.5. The first-order chi connectivity index (χ1) is 13.2. The van der Waals surface area contributed by atoms with E-state index in [1.165, 1.54) is 6.26 Å². The second-order valence-electron chi connectivity index (χ2n) is 7.68. The van der Waals surface area contributed by atoms with E-state index < -0.39 is 0 Å². The summed E-state index contributed by atoms with van der Waals surface area (Å²) in [5.41, 5.74) is 0.377. The lowest BCUT2D eigenvalue weighted by Crippen LogP contribution is -2.53. The Morgan fingerprint density at radius 1 is 1.00 bits per heavy atom. The maximum absolute atomic E-state index is 12.8. The normalized spacial score (nSPS) is 25.6. The minimum atomic E-state index is -0.0544. The van der Waals surface area contributed by atoms with Gasteiger partial charge in [0.15, 0.2) is 5.69 Å². The average Bonchev–Trinajstić information content (AvgIpc) is 3.28. The van der Waals surface area contributed by atoms with Crippen LogP contribution < -0.4 is 0 Å². The molecule has 0 unspecified atom stereocenters. The van der Waals surface area contributed by atoms with Gasteiger partial charge in [0.2, 0.25) is 5.91 Å². The highest BCUT2D eigenvalue weighted by Gasteiger charge is 2.34. The fourth-order valence-corrected chi connectivity index (χ4v) is 4.50. The topological polar surface area (TPSA) is 79.1 Å². The number of carbonyl (C=O) groups is 2. The van der Waals surface area contributed by atoms with Crippen molar-refractivity contribution in [3.63, 3.8) is 0 Å². The summed E-state index contributed by atoms with van der Waals surface area (Å²) >= 11 is 0. The molecule has 0 radical (unpaired) electrons. The fraction of sp³-hybridized carbons (Fsp3) is 0.737. The maximum atomic E-state index is 12.8. The molecule has 8 nitrogen and oxygen atoms in total. The maximum Gasteiger partial charge on any atom is 0.276 e. The van der Waals surface area contributed by atoms with E-state index in [1.807, 2.05) is 9.80 Å². The number of aromatic nitrogens is 1. The summed E-state index contributed by atoms with van der Waals surface area (Å²) in [7, 11) is 0. The molecule has 1 aromatic rings.